The molecule has 0 N–H and O–H groups in total. The third-order valence-electron chi connectivity index (χ3n) is 0.369. The Hall–Kier alpha value is 2.88. The molecule has 0 atom stereocenters. The van der Waals surface area contributed by atoms with Crippen LogP contribution in [0.4, 0.5) is 0 Å². The maximum atomic E-state index is 4.95. The average molecular weight is 382 g/mol. The largest absolute Gasteiger partial charge is 0.305 e. The summed E-state index contributed by atoms with van der Waals surface area (Å²) < 4.78 is 4.91. The molecule has 0 aromatic heterocycles. The topological polar surface area (TPSA) is 9.23 Å². The molecule has 0 aliphatic heterocycles. The van der Waals surface area contributed by atoms with Crippen LogP contribution in [0.15, 0.2) is 0 Å². The van der Waals surface area contributed by atoms with Crippen LogP contribution in [0, 0.1) is 0 Å². The number of hydrogen-bond acceptors (Lipinski definition) is 7. The quantitative estimate of drug-likeness (QED) is 0.403. The number of hydrogen-bond donors (Lipinski definition) is 0. The second-order valence-corrected chi connectivity index (χ2v) is 17.2. The molecular formula is CH3IOS7. The highest BCUT2D eigenvalue weighted by atomic mass is 127. The standard InChI is InChI=1S/CH3IOS7/c1-3-10(4,5)9-8-7-6-2/h1H3. The van der Waals surface area contributed by atoms with Crippen LogP contribution in [0.2, 0.25) is 0 Å². The van der Waals surface area contributed by atoms with E-state index in [0.717, 1.165) is 0 Å². The SMILES string of the molecule is COS(=S)(=S)SSSSI. The van der Waals surface area contributed by atoms with Crippen LogP contribution in [-0.2, 0) is 33.0 Å². The second kappa shape index (κ2) is 7.30. The van der Waals surface area contributed by atoms with E-state index in [1.807, 2.05) is 0 Å². The van der Waals surface area contributed by atoms with Gasteiger partial charge < -0.3 is 4.18 Å². The first kappa shape index (κ1) is 12.9. The molecule has 0 aliphatic rings. The van der Waals surface area contributed by atoms with E-state index >= 15 is 0 Å². The van der Waals surface area contributed by atoms with E-state index in [2.05, 4.69) is 21.2 Å². The van der Waals surface area contributed by atoms with Crippen LogP contribution >= 0.6 is 58.6 Å². The van der Waals surface area contributed by atoms with Gasteiger partial charge in [-0.3, -0.25) is 0 Å². The summed E-state index contributed by atoms with van der Waals surface area (Å²) in [5, 5.41) is 0. The highest BCUT2D eigenvalue weighted by Gasteiger charge is 2.00. The van der Waals surface area contributed by atoms with Gasteiger partial charge in [0.1, 0.15) is 0 Å². The summed E-state index contributed by atoms with van der Waals surface area (Å²) in [6.07, 6.45) is 0. The molecule has 0 radical (unpaired) electrons. The Morgan fingerprint density at radius 1 is 1.40 bits per heavy atom. The first-order valence-corrected chi connectivity index (χ1v) is 13.0. The Morgan fingerprint density at radius 3 is 2.40 bits per heavy atom. The summed E-state index contributed by atoms with van der Waals surface area (Å²) >= 11 is 12.1. The van der Waals surface area contributed by atoms with Crippen molar-refractivity contribution in [1.29, 1.82) is 0 Å². The molecule has 0 rings (SSSR count). The van der Waals surface area contributed by atoms with Gasteiger partial charge in [0.25, 0.3) is 0 Å². The van der Waals surface area contributed by atoms with Gasteiger partial charge in [0.05, 0.1) is 13.6 Å². The average Bonchev–Trinajstić information content (AvgIpc) is 1.89. The molecule has 0 unspecified atom stereocenters. The zero-order chi connectivity index (χ0) is 8.04. The van der Waals surface area contributed by atoms with Crippen LogP contribution < -0.4 is 0 Å². The molecule has 0 fully saturated rings. The fourth-order valence-corrected chi connectivity index (χ4v) is 15.6. The summed E-state index contributed by atoms with van der Waals surface area (Å²) in [5.41, 5.74) is 0. The maximum absolute atomic E-state index is 4.95. The predicted octanol–water partition coefficient (Wildman–Crippen LogP) is 3.57. The van der Waals surface area contributed by atoms with Gasteiger partial charge in [-0.25, -0.2) is 0 Å². The van der Waals surface area contributed by atoms with Crippen molar-refractivity contribution in [2.24, 2.45) is 0 Å². The molecule has 0 aromatic rings. The molecular weight excluding hydrogens is 379 g/mol. The lowest BCUT2D eigenvalue weighted by atomic mass is 11.8. The molecule has 1 nitrogen and oxygen atoms in total. The second-order valence-electron chi connectivity index (χ2n) is 0.842. The van der Waals surface area contributed by atoms with Gasteiger partial charge in [0.2, 0.25) is 0 Å². The van der Waals surface area contributed by atoms with Crippen LogP contribution in [-0.4, -0.2) is 7.11 Å². The molecule has 0 amide bonds. The van der Waals surface area contributed by atoms with Crippen molar-refractivity contribution < 1.29 is 4.18 Å². The van der Waals surface area contributed by atoms with E-state index in [-0.39, 0.29) is 0 Å². The van der Waals surface area contributed by atoms with E-state index in [4.69, 9.17) is 26.6 Å². The summed E-state index contributed by atoms with van der Waals surface area (Å²) in [7, 11) is 7.87. The number of rotatable bonds is 5. The van der Waals surface area contributed by atoms with E-state index in [1.165, 1.54) is 9.83 Å². The third kappa shape index (κ3) is 7.53. The Kier molecular flexibility index (Phi) is 9.40. The van der Waals surface area contributed by atoms with Gasteiger partial charge in [-0.1, -0.05) is 0 Å². The predicted molar refractivity (Wildman–Crippen MR) is 73.5 cm³/mol. The fraction of sp³-hybridized carbons (Fsp3) is 1.00. The Labute approximate surface area is 97.1 Å². The summed E-state index contributed by atoms with van der Waals surface area (Å²) in [6, 6.07) is 0. The van der Waals surface area contributed by atoms with E-state index < -0.39 is 6.46 Å². The maximum Gasteiger partial charge on any atom is 0.0817 e. The van der Waals surface area contributed by atoms with Crippen molar-refractivity contribution >= 4 is 87.5 Å². The summed E-state index contributed by atoms with van der Waals surface area (Å²) in [4.78, 5) is 0. The van der Waals surface area contributed by atoms with Gasteiger partial charge in [-0.05, 0) is 40.2 Å². The smallest absolute Gasteiger partial charge is 0.0817 e. The Balaban J connectivity index is 3.49. The van der Waals surface area contributed by atoms with Crippen LogP contribution in [0.25, 0.3) is 0 Å². The zero-order valence-corrected chi connectivity index (χ0v) is 12.5. The fourth-order valence-electron chi connectivity index (χ4n) is 0.0836. The van der Waals surface area contributed by atoms with Gasteiger partial charge in [0, 0.05) is 40.9 Å². The minimum Gasteiger partial charge on any atom is -0.305 e. The van der Waals surface area contributed by atoms with Crippen LogP contribution in [0.3, 0.4) is 0 Å². The molecule has 9 heteroatoms. The van der Waals surface area contributed by atoms with Crippen molar-refractivity contribution in [1.82, 2.24) is 0 Å². The molecule has 62 valence electrons. The highest BCUT2D eigenvalue weighted by molar-refractivity contribution is 14.2. The Morgan fingerprint density at radius 2 is 2.00 bits per heavy atom. The number of halogens is 1. The van der Waals surface area contributed by atoms with Crippen molar-refractivity contribution in [2.75, 3.05) is 7.11 Å². The van der Waals surface area contributed by atoms with Crippen molar-refractivity contribution in [2.45, 2.75) is 0 Å². The van der Waals surface area contributed by atoms with E-state index in [0.29, 0.717) is 0 Å². The molecule has 0 saturated carbocycles. The van der Waals surface area contributed by atoms with Crippen LogP contribution in [0.1, 0.15) is 0 Å². The van der Waals surface area contributed by atoms with Gasteiger partial charge in [0.15, 0.2) is 0 Å². The van der Waals surface area contributed by atoms with Gasteiger partial charge >= 0.3 is 0 Å². The normalized spacial score (nSPS) is 11.8. The molecule has 0 bridgehead atoms. The zero-order valence-electron chi connectivity index (χ0n) is 4.64. The molecule has 0 aromatic carbocycles. The Bertz CT molecular complexity index is 160. The monoisotopic (exact) mass is 382 g/mol. The van der Waals surface area contributed by atoms with Crippen molar-refractivity contribution in [3.05, 3.63) is 0 Å². The highest BCUT2D eigenvalue weighted by Crippen LogP contribution is 2.48. The van der Waals surface area contributed by atoms with Crippen LogP contribution in [0.5, 0.6) is 0 Å². The molecule has 0 spiro atoms. The minimum absolute atomic E-state index is 1.45. The lowest BCUT2D eigenvalue weighted by molar-refractivity contribution is 0.491. The molecule has 10 heavy (non-hydrogen) atoms. The first-order valence-electron chi connectivity index (χ1n) is 1.73. The molecule has 0 heterocycles. The lowest BCUT2D eigenvalue weighted by Crippen LogP contribution is -1.87. The van der Waals surface area contributed by atoms with Gasteiger partial charge in [-0.15, -0.1) is 0 Å². The summed E-state index contributed by atoms with van der Waals surface area (Å²) in [5.74, 6) is 0. The van der Waals surface area contributed by atoms with E-state index in [1.54, 1.807) is 34.7 Å². The third-order valence-corrected chi connectivity index (χ3v) is 16.2. The molecule has 0 aliphatic carbocycles. The first-order chi connectivity index (χ1) is 4.62. The van der Waals surface area contributed by atoms with Crippen molar-refractivity contribution in [3.63, 3.8) is 0 Å². The lowest BCUT2D eigenvalue weighted by Gasteiger charge is -2.02. The van der Waals surface area contributed by atoms with Gasteiger partial charge in [-0.2, -0.15) is 0 Å². The molecule has 0 saturated heterocycles. The van der Waals surface area contributed by atoms with Crippen molar-refractivity contribution in [3.8, 4) is 0 Å². The summed E-state index contributed by atoms with van der Waals surface area (Å²) in [6.45, 7) is -1.68. The van der Waals surface area contributed by atoms with E-state index in [9.17, 15) is 0 Å². The minimum atomic E-state index is -1.68.